The van der Waals surface area contributed by atoms with Gasteiger partial charge in [-0.3, -0.25) is 0 Å². The van der Waals surface area contributed by atoms with Crippen LogP contribution in [0.25, 0.3) is 108 Å². The molecule has 0 N–H and O–H groups in total. The smallest absolute Gasteiger partial charge is 0.164 e. The number of furan rings is 1. The molecule has 5 nitrogen and oxygen atoms in total. The highest BCUT2D eigenvalue weighted by Crippen LogP contribution is 2.42. The minimum absolute atomic E-state index is 0.610. The van der Waals surface area contributed by atoms with Gasteiger partial charge < -0.3 is 4.42 Å². The Morgan fingerprint density at radius 1 is 0.377 bits per heavy atom. The van der Waals surface area contributed by atoms with Crippen LogP contribution in [0.5, 0.6) is 0 Å². The predicted molar refractivity (Wildman–Crippen MR) is 220 cm³/mol. The summed E-state index contributed by atoms with van der Waals surface area (Å²) >= 11 is 3.53. The van der Waals surface area contributed by atoms with Crippen molar-refractivity contribution in [3.63, 3.8) is 0 Å². The molecule has 7 heteroatoms. The number of nitrogens with zero attached hydrogens (tertiary/aromatic N) is 4. The second kappa shape index (κ2) is 12.0. The molecule has 7 aromatic carbocycles. The number of benzene rings is 7. The van der Waals surface area contributed by atoms with E-state index in [1.54, 1.807) is 22.7 Å². The molecule has 4 heterocycles. The molecule has 0 spiro atoms. The molecule has 0 amide bonds. The zero-order chi connectivity index (χ0) is 34.9. The number of rotatable bonds is 5. The number of thiophene rings is 1. The van der Waals surface area contributed by atoms with E-state index in [-0.39, 0.29) is 0 Å². The first-order chi connectivity index (χ1) is 26.2. The Bertz CT molecular complexity index is 3160. The summed E-state index contributed by atoms with van der Waals surface area (Å²) in [7, 11) is 0. The highest BCUT2D eigenvalue weighted by molar-refractivity contribution is 7.26. The highest BCUT2D eigenvalue weighted by Gasteiger charge is 2.19. The lowest BCUT2D eigenvalue weighted by Gasteiger charge is -2.09. The Morgan fingerprint density at radius 2 is 1.02 bits per heavy atom. The van der Waals surface area contributed by atoms with E-state index in [1.165, 1.54) is 36.0 Å². The van der Waals surface area contributed by atoms with E-state index < -0.39 is 0 Å². The van der Waals surface area contributed by atoms with Gasteiger partial charge in [0.15, 0.2) is 17.5 Å². The maximum Gasteiger partial charge on any atom is 0.164 e. The van der Waals surface area contributed by atoms with Gasteiger partial charge in [0.25, 0.3) is 0 Å². The predicted octanol–water partition coefficient (Wildman–Crippen LogP) is 13.1. The summed E-state index contributed by atoms with van der Waals surface area (Å²) in [6.45, 7) is 0. The molecule has 53 heavy (non-hydrogen) atoms. The van der Waals surface area contributed by atoms with E-state index in [0.717, 1.165) is 54.7 Å². The molecule has 0 aliphatic rings. The first-order valence-corrected chi connectivity index (χ1v) is 19.0. The average Bonchev–Trinajstić information content (AvgIpc) is 3.93. The second-order valence-corrected chi connectivity index (χ2v) is 15.2. The van der Waals surface area contributed by atoms with Crippen LogP contribution in [0, 0.1) is 0 Å². The van der Waals surface area contributed by atoms with E-state index in [4.69, 9.17) is 24.4 Å². The van der Waals surface area contributed by atoms with E-state index in [1.807, 2.05) is 66.7 Å². The molecular weight excluding hydrogens is 689 g/mol. The normalized spacial score (nSPS) is 11.8. The van der Waals surface area contributed by atoms with Gasteiger partial charge in [-0.1, -0.05) is 127 Å². The quantitative estimate of drug-likeness (QED) is 0.178. The third-order valence-corrected chi connectivity index (χ3v) is 12.0. The van der Waals surface area contributed by atoms with Crippen molar-refractivity contribution in [1.82, 2.24) is 19.9 Å². The third kappa shape index (κ3) is 5.12. The second-order valence-electron chi connectivity index (χ2n) is 13.0. The third-order valence-electron chi connectivity index (χ3n) is 9.79. The van der Waals surface area contributed by atoms with Crippen molar-refractivity contribution >= 4 is 75.0 Å². The minimum Gasteiger partial charge on any atom is -0.456 e. The summed E-state index contributed by atoms with van der Waals surface area (Å²) < 4.78 is 9.82. The average molecular weight is 715 g/mol. The van der Waals surface area contributed by atoms with E-state index >= 15 is 0 Å². The summed E-state index contributed by atoms with van der Waals surface area (Å²) in [4.78, 5) is 20.3. The van der Waals surface area contributed by atoms with Crippen molar-refractivity contribution in [2.24, 2.45) is 0 Å². The van der Waals surface area contributed by atoms with Crippen molar-refractivity contribution in [2.75, 3.05) is 0 Å². The number of aromatic nitrogens is 4. The molecule has 0 unspecified atom stereocenters. The molecule has 0 aliphatic heterocycles. The van der Waals surface area contributed by atoms with Crippen LogP contribution in [0.2, 0.25) is 0 Å². The van der Waals surface area contributed by atoms with Gasteiger partial charge in [-0.05, 0) is 41.5 Å². The number of thiazole rings is 1. The van der Waals surface area contributed by atoms with E-state index in [2.05, 4.69) is 91.0 Å². The highest BCUT2D eigenvalue weighted by atomic mass is 32.1. The number of hydrogen-bond donors (Lipinski definition) is 0. The topological polar surface area (TPSA) is 64.7 Å². The van der Waals surface area contributed by atoms with Gasteiger partial charge in [-0.15, -0.1) is 22.7 Å². The first-order valence-electron chi connectivity index (χ1n) is 17.4. The maximum absolute atomic E-state index is 6.22. The van der Waals surface area contributed by atoms with Crippen molar-refractivity contribution in [2.45, 2.75) is 0 Å². The number of para-hydroxylation sites is 1. The summed E-state index contributed by atoms with van der Waals surface area (Å²) in [5.74, 6) is 1.87. The maximum atomic E-state index is 6.22. The van der Waals surface area contributed by atoms with Crippen LogP contribution in [0.3, 0.4) is 0 Å². The molecule has 4 aromatic heterocycles. The zero-order valence-electron chi connectivity index (χ0n) is 28.0. The monoisotopic (exact) mass is 714 g/mol. The molecule has 0 atom stereocenters. The Balaban J connectivity index is 1.01. The van der Waals surface area contributed by atoms with Crippen molar-refractivity contribution in [1.29, 1.82) is 0 Å². The van der Waals surface area contributed by atoms with Crippen LogP contribution in [-0.2, 0) is 0 Å². The van der Waals surface area contributed by atoms with Crippen LogP contribution in [0.4, 0.5) is 0 Å². The van der Waals surface area contributed by atoms with E-state index in [0.29, 0.717) is 17.5 Å². The lowest BCUT2D eigenvalue weighted by atomic mass is 10.0. The van der Waals surface area contributed by atoms with Crippen LogP contribution < -0.4 is 0 Å². The fourth-order valence-corrected chi connectivity index (χ4v) is 9.43. The van der Waals surface area contributed by atoms with Gasteiger partial charge in [0.2, 0.25) is 0 Å². The van der Waals surface area contributed by atoms with E-state index in [9.17, 15) is 0 Å². The van der Waals surface area contributed by atoms with Gasteiger partial charge in [0.1, 0.15) is 16.2 Å². The molecule has 0 bridgehead atoms. The van der Waals surface area contributed by atoms with Gasteiger partial charge in [-0.25, -0.2) is 19.9 Å². The molecule has 248 valence electrons. The number of hydrogen-bond acceptors (Lipinski definition) is 7. The van der Waals surface area contributed by atoms with Gasteiger partial charge in [0.05, 0.1) is 10.2 Å². The Labute approximate surface area is 311 Å². The van der Waals surface area contributed by atoms with Crippen molar-refractivity contribution in [3.05, 3.63) is 158 Å². The Hall–Kier alpha value is -6.54. The lowest BCUT2D eigenvalue weighted by molar-refractivity contribution is 0.669. The Morgan fingerprint density at radius 3 is 1.85 bits per heavy atom. The van der Waals surface area contributed by atoms with Gasteiger partial charge in [0, 0.05) is 53.2 Å². The summed E-state index contributed by atoms with van der Waals surface area (Å²) in [5, 5.41) is 5.48. The lowest BCUT2D eigenvalue weighted by Crippen LogP contribution is -2.00. The molecular formula is C46H26N4OS2. The van der Waals surface area contributed by atoms with Gasteiger partial charge >= 0.3 is 0 Å². The molecule has 0 fully saturated rings. The summed E-state index contributed by atoms with van der Waals surface area (Å²) in [5.41, 5.74) is 9.00. The van der Waals surface area contributed by atoms with Crippen LogP contribution in [0.1, 0.15) is 0 Å². The Kier molecular flexibility index (Phi) is 6.83. The fraction of sp³-hybridized carbons (Fsp3) is 0. The SMILES string of the molecule is c1ccc(-c2ccc(-c3nc4cc5c(cc4s3)sc3cc(-c4nc(-c6ccccc6)nc(-c6cccc7oc8ccccc8c67)n4)ccc35)cc2)cc1. The molecule has 0 saturated heterocycles. The first kappa shape index (κ1) is 30.1. The summed E-state index contributed by atoms with van der Waals surface area (Å²) in [6.07, 6.45) is 0. The zero-order valence-corrected chi connectivity index (χ0v) is 29.7. The molecule has 0 saturated carbocycles. The van der Waals surface area contributed by atoms with Crippen molar-refractivity contribution < 1.29 is 4.42 Å². The standard InChI is InChI=1S/C46H26N4OS2/c1-3-10-27(11-4-1)28-18-20-30(21-19-28)46-47-36-25-35-32-23-22-31(24-39(32)52-40(35)26-41(36)53-46)44-48-43(29-12-5-2-6-13-29)49-45(50-44)34-15-9-17-38-42(34)33-14-7-8-16-37(33)51-38/h1-26H. The molecule has 11 aromatic rings. The van der Waals surface area contributed by atoms with Crippen LogP contribution >= 0.6 is 22.7 Å². The number of fused-ring (bicyclic) bond motifs is 7. The molecule has 0 radical (unpaired) electrons. The fourth-order valence-electron chi connectivity index (χ4n) is 7.20. The van der Waals surface area contributed by atoms with Crippen molar-refractivity contribution in [3.8, 4) is 55.9 Å². The van der Waals surface area contributed by atoms with Crippen LogP contribution in [-0.4, -0.2) is 19.9 Å². The van der Waals surface area contributed by atoms with Crippen LogP contribution in [0.15, 0.2) is 162 Å². The minimum atomic E-state index is 0.610. The molecule has 11 rings (SSSR count). The largest absolute Gasteiger partial charge is 0.456 e. The van der Waals surface area contributed by atoms with Gasteiger partial charge in [-0.2, -0.15) is 0 Å². The molecule has 0 aliphatic carbocycles. The summed E-state index contributed by atoms with van der Waals surface area (Å²) in [6, 6.07) is 54.5.